The minimum atomic E-state index is 0.511. The Kier molecular flexibility index (Phi) is 4.65. The standard InChI is InChI=1S/C16H25N3O/c1-19-8-4-15(5-9-19)18-16-12-20-11-14(16)10-13-2-6-17-7-3-13/h2-3,6-7,14-16,18H,4-5,8-12H2,1H3/t14-,16+/m1/s1. The van der Waals surface area contributed by atoms with Crippen molar-refractivity contribution in [3.63, 3.8) is 0 Å². The van der Waals surface area contributed by atoms with Gasteiger partial charge in [0, 0.05) is 30.4 Å². The summed E-state index contributed by atoms with van der Waals surface area (Å²) < 4.78 is 5.72. The summed E-state index contributed by atoms with van der Waals surface area (Å²) in [5.41, 5.74) is 1.37. The van der Waals surface area contributed by atoms with Crippen LogP contribution >= 0.6 is 0 Å². The molecule has 0 amide bonds. The number of nitrogens with one attached hydrogen (secondary N) is 1. The Hall–Kier alpha value is -0.970. The SMILES string of the molecule is CN1CCC(N[C@H]2COC[C@H]2Cc2ccncc2)CC1. The Morgan fingerprint density at radius 3 is 2.75 bits per heavy atom. The summed E-state index contributed by atoms with van der Waals surface area (Å²) in [7, 11) is 2.21. The van der Waals surface area contributed by atoms with Crippen molar-refractivity contribution in [1.29, 1.82) is 0 Å². The molecule has 0 spiro atoms. The Morgan fingerprint density at radius 2 is 2.00 bits per heavy atom. The predicted molar refractivity (Wildman–Crippen MR) is 79.7 cm³/mol. The summed E-state index contributed by atoms with van der Waals surface area (Å²) in [5, 5.41) is 3.84. The van der Waals surface area contributed by atoms with E-state index in [1.165, 1.54) is 31.5 Å². The first kappa shape index (κ1) is 14.0. The van der Waals surface area contributed by atoms with Crippen LogP contribution in [0.25, 0.3) is 0 Å². The van der Waals surface area contributed by atoms with Gasteiger partial charge in [0.25, 0.3) is 0 Å². The molecular formula is C16H25N3O. The first-order valence-electron chi connectivity index (χ1n) is 7.72. The van der Waals surface area contributed by atoms with E-state index in [1.807, 2.05) is 12.4 Å². The quantitative estimate of drug-likeness (QED) is 0.899. The highest BCUT2D eigenvalue weighted by Gasteiger charge is 2.30. The van der Waals surface area contributed by atoms with Gasteiger partial charge in [-0.2, -0.15) is 0 Å². The maximum atomic E-state index is 5.72. The van der Waals surface area contributed by atoms with Crippen LogP contribution in [0.3, 0.4) is 0 Å². The number of piperidine rings is 1. The lowest BCUT2D eigenvalue weighted by Gasteiger charge is -2.32. The van der Waals surface area contributed by atoms with Crippen molar-refractivity contribution in [2.24, 2.45) is 5.92 Å². The molecule has 0 radical (unpaired) electrons. The van der Waals surface area contributed by atoms with Gasteiger partial charge in [-0.05, 0) is 57.1 Å². The van der Waals surface area contributed by atoms with Crippen molar-refractivity contribution in [3.05, 3.63) is 30.1 Å². The van der Waals surface area contributed by atoms with E-state index in [0.717, 1.165) is 19.6 Å². The lowest BCUT2D eigenvalue weighted by molar-refractivity contribution is 0.177. The number of pyridine rings is 1. The van der Waals surface area contributed by atoms with Crippen LogP contribution in [0.4, 0.5) is 0 Å². The molecule has 20 heavy (non-hydrogen) atoms. The smallest absolute Gasteiger partial charge is 0.0623 e. The molecule has 2 fully saturated rings. The van der Waals surface area contributed by atoms with Crippen molar-refractivity contribution >= 4 is 0 Å². The summed E-state index contributed by atoms with van der Waals surface area (Å²) in [4.78, 5) is 6.50. The van der Waals surface area contributed by atoms with Crippen LogP contribution < -0.4 is 5.32 Å². The van der Waals surface area contributed by atoms with E-state index in [2.05, 4.69) is 34.4 Å². The molecule has 2 aliphatic heterocycles. The summed E-state index contributed by atoms with van der Waals surface area (Å²) in [6.07, 6.45) is 7.37. The van der Waals surface area contributed by atoms with E-state index in [-0.39, 0.29) is 0 Å². The monoisotopic (exact) mass is 275 g/mol. The molecule has 2 saturated heterocycles. The van der Waals surface area contributed by atoms with E-state index < -0.39 is 0 Å². The second kappa shape index (κ2) is 6.66. The van der Waals surface area contributed by atoms with Gasteiger partial charge < -0.3 is 15.0 Å². The summed E-state index contributed by atoms with van der Waals surface area (Å²) in [6, 6.07) is 5.41. The number of likely N-dealkylation sites (tertiary alicyclic amines) is 1. The Morgan fingerprint density at radius 1 is 1.25 bits per heavy atom. The molecule has 0 bridgehead atoms. The van der Waals surface area contributed by atoms with Crippen molar-refractivity contribution in [3.8, 4) is 0 Å². The third kappa shape index (κ3) is 3.57. The number of ether oxygens (including phenoxy) is 1. The molecule has 1 aromatic rings. The molecule has 3 heterocycles. The van der Waals surface area contributed by atoms with Crippen LogP contribution in [0.1, 0.15) is 18.4 Å². The molecule has 2 atom stereocenters. The molecule has 0 saturated carbocycles. The topological polar surface area (TPSA) is 37.4 Å². The van der Waals surface area contributed by atoms with E-state index in [9.17, 15) is 0 Å². The average molecular weight is 275 g/mol. The molecule has 1 aromatic heterocycles. The first-order valence-corrected chi connectivity index (χ1v) is 7.72. The molecular weight excluding hydrogens is 250 g/mol. The maximum absolute atomic E-state index is 5.72. The number of hydrogen-bond acceptors (Lipinski definition) is 4. The van der Waals surface area contributed by atoms with E-state index in [1.54, 1.807) is 0 Å². The van der Waals surface area contributed by atoms with Crippen LogP contribution in [0.15, 0.2) is 24.5 Å². The highest BCUT2D eigenvalue weighted by Crippen LogP contribution is 2.21. The van der Waals surface area contributed by atoms with Gasteiger partial charge in [0.15, 0.2) is 0 Å². The second-order valence-electron chi connectivity index (χ2n) is 6.21. The number of nitrogens with zero attached hydrogens (tertiary/aromatic N) is 2. The average Bonchev–Trinajstić information content (AvgIpc) is 2.90. The van der Waals surface area contributed by atoms with Crippen LogP contribution in [0, 0.1) is 5.92 Å². The minimum absolute atomic E-state index is 0.511. The highest BCUT2D eigenvalue weighted by molar-refractivity contribution is 5.11. The minimum Gasteiger partial charge on any atom is -0.379 e. The van der Waals surface area contributed by atoms with Gasteiger partial charge in [-0.1, -0.05) is 0 Å². The van der Waals surface area contributed by atoms with Crippen LogP contribution in [0.5, 0.6) is 0 Å². The lowest BCUT2D eigenvalue weighted by Crippen LogP contribution is -2.48. The van der Waals surface area contributed by atoms with E-state index in [4.69, 9.17) is 4.74 Å². The van der Waals surface area contributed by atoms with Crippen molar-refractivity contribution in [1.82, 2.24) is 15.2 Å². The second-order valence-corrected chi connectivity index (χ2v) is 6.21. The molecule has 4 heteroatoms. The van der Waals surface area contributed by atoms with Crippen LogP contribution in [-0.4, -0.2) is 55.3 Å². The van der Waals surface area contributed by atoms with Gasteiger partial charge >= 0.3 is 0 Å². The zero-order valence-corrected chi connectivity index (χ0v) is 12.3. The molecule has 0 aliphatic carbocycles. The molecule has 1 N–H and O–H groups in total. The lowest BCUT2D eigenvalue weighted by atomic mass is 9.93. The normalized spacial score (nSPS) is 28.9. The van der Waals surface area contributed by atoms with Crippen molar-refractivity contribution < 1.29 is 4.74 Å². The third-order valence-electron chi connectivity index (χ3n) is 4.61. The van der Waals surface area contributed by atoms with Crippen molar-refractivity contribution in [2.75, 3.05) is 33.4 Å². The van der Waals surface area contributed by atoms with Crippen LogP contribution in [-0.2, 0) is 11.2 Å². The summed E-state index contributed by atoms with van der Waals surface area (Å²) in [5.74, 6) is 0.594. The van der Waals surface area contributed by atoms with E-state index in [0.29, 0.717) is 18.0 Å². The molecule has 0 aromatic carbocycles. The molecule has 4 nitrogen and oxygen atoms in total. The highest BCUT2D eigenvalue weighted by atomic mass is 16.5. The Balaban J connectivity index is 1.53. The van der Waals surface area contributed by atoms with Gasteiger partial charge in [0.05, 0.1) is 13.2 Å². The van der Waals surface area contributed by atoms with Gasteiger partial charge in [-0.15, -0.1) is 0 Å². The van der Waals surface area contributed by atoms with Gasteiger partial charge in [0.2, 0.25) is 0 Å². The summed E-state index contributed by atoms with van der Waals surface area (Å²) in [6.45, 7) is 4.16. The Bertz CT molecular complexity index is 403. The Labute approximate surface area is 121 Å². The fraction of sp³-hybridized carbons (Fsp3) is 0.688. The molecule has 0 unspecified atom stereocenters. The van der Waals surface area contributed by atoms with Crippen LogP contribution in [0.2, 0.25) is 0 Å². The maximum Gasteiger partial charge on any atom is 0.0623 e. The largest absolute Gasteiger partial charge is 0.379 e. The fourth-order valence-electron chi connectivity index (χ4n) is 3.28. The number of hydrogen-bond donors (Lipinski definition) is 1. The van der Waals surface area contributed by atoms with E-state index >= 15 is 0 Å². The molecule has 110 valence electrons. The summed E-state index contributed by atoms with van der Waals surface area (Å²) >= 11 is 0. The number of aromatic nitrogens is 1. The fourth-order valence-corrected chi connectivity index (χ4v) is 3.28. The van der Waals surface area contributed by atoms with Gasteiger partial charge in [0.1, 0.15) is 0 Å². The van der Waals surface area contributed by atoms with Crippen molar-refractivity contribution in [2.45, 2.75) is 31.3 Å². The third-order valence-corrected chi connectivity index (χ3v) is 4.61. The molecule has 2 aliphatic rings. The van der Waals surface area contributed by atoms with Gasteiger partial charge in [-0.3, -0.25) is 4.98 Å². The number of rotatable bonds is 4. The molecule has 3 rings (SSSR count). The zero-order chi connectivity index (χ0) is 13.8. The van der Waals surface area contributed by atoms with Gasteiger partial charge in [-0.25, -0.2) is 0 Å². The predicted octanol–water partition coefficient (Wildman–Crippen LogP) is 1.32. The first-order chi connectivity index (χ1) is 9.81. The zero-order valence-electron chi connectivity index (χ0n) is 12.3.